The van der Waals surface area contributed by atoms with Crippen LogP contribution in [0.2, 0.25) is 0 Å². The zero-order valence-corrected chi connectivity index (χ0v) is 10.7. The number of esters is 1. The number of hydrogen-bond donors (Lipinski definition) is 0. The maximum atomic E-state index is 11.5. The van der Waals surface area contributed by atoms with Crippen LogP contribution in [0.5, 0.6) is 0 Å². The van der Waals surface area contributed by atoms with Gasteiger partial charge in [0.25, 0.3) is 0 Å². The lowest BCUT2D eigenvalue weighted by Crippen LogP contribution is -2.15. The van der Waals surface area contributed by atoms with E-state index in [0.29, 0.717) is 6.61 Å². The van der Waals surface area contributed by atoms with Crippen LogP contribution in [0.4, 0.5) is 0 Å². The van der Waals surface area contributed by atoms with Crippen molar-refractivity contribution in [3.63, 3.8) is 0 Å². The van der Waals surface area contributed by atoms with Gasteiger partial charge in [0.05, 0.1) is 6.10 Å². The molecule has 0 aromatic rings. The van der Waals surface area contributed by atoms with E-state index >= 15 is 0 Å². The average molecular weight is 226 g/mol. The number of hydrogen-bond acceptors (Lipinski definition) is 3. The first-order valence-corrected chi connectivity index (χ1v) is 5.76. The lowest BCUT2D eigenvalue weighted by Gasteiger charge is -2.10. The second kappa shape index (κ2) is 9.01. The molecule has 0 rings (SSSR count). The van der Waals surface area contributed by atoms with Gasteiger partial charge in [-0.05, 0) is 33.3 Å². The summed E-state index contributed by atoms with van der Waals surface area (Å²) in [4.78, 5) is 11.5. The van der Waals surface area contributed by atoms with E-state index in [9.17, 15) is 4.79 Å². The highest BCUT2D eigenvalue weighted by atomic mass is 16.6. The van der Waals surface area contributed by atoms with E-state index in [1.807, 2.05) is 26.0 Å². The predicted octanol–water partition coefficient (Wildman–Crippen LogP) is 3.21. The van der Waals surface area contributed by atoms with Crippen LogP contribution in [0.3, 0.4) is 0 Å². The number of carbonyl (C=O) groups excluding carboxylic acids is 1. The normalized spacial score (nSPS) is 12.2. The second-order valence-corrected chi connectivity index (χ2v) is 3.68. The number of unbranched alkanes of at least 4 members (excludes halogenated alkanes) is 1. The number of ether oxygens (including phenoxy) is 2. The van der Waals surface area contributed by atoms with Crippen molar-refractivity contribution in [1.29, 1.82) is 0 Å². The first kappa shape index (κ1) is 14.8. The first-order valence-electron chi connectivity index (χ1n) is 5.76. The maximum absolute atomic E-state index is 11.5. The van der Waals surface area contributed by atoms with Crippen LogP contribution < -0.4 is 0 Å². The van der Waals surface area contributed by atoms with Crippen molar-refractivity contribution in [2.24, 2.45) is 0 Å². The molecule has 0 aliphatic carbocycles. The molecule has 0 saturated carbocycles. The molecule has 0 heterocycles. The molecule has 0 amide bonds. The summed E-state index contributed by atoms with van der Waals surface area (Å²) in [6.45, 7) is 7.90. The van der Waals surface area contributed by atoms with Crippen LogP contribution in [-0.2, 0) is 14.3 Å². The minimum atomic E-state index is -0.401. The SMILES string of the molecule is C/C=C(\OC/C=C/CCC)C(=O)OC(C)C. The third kappa shape index (κ3) is 7.10. The monoisotopic (exact) mass is 226 g/mol. The molecule has 0 N–H and O–H groups in total. The highest BCUT2D eigenvalue weighted by Gasteiger charge is 2.12. The van der Waals surface area contributed by atoms with Gasteiger partial charge in [0, 0.05) is 0 Å². The van der Waals surface area contributed by atoms with Gasteiger partial charge in [-0.3, -0.25) is 0 Å². The van der Waals surface area contributed by atoms with E-state index in [4.69, 9.17) is 9.47 Å². The molecule has 0 aliphatic rings. The van der Waals surface area contributed by atoms with Crippen molar-refractivity contribution in [3.05, 3.63) is 24.0 Å². The van der Waals surface area contributed by atoms with Crippen LogP contribution in [0.25, 0.3) is 0 Å². The van der Waals surface area contributed by atoms with Crippen LogP contribution in [0, 0.1) is 0 Å². The van der Waals surface area contributed by atoms with Gasteiger partial charge in [-0.2, -0.15) is 0 Å². The van der Waals surface area contributed by atoms with E-state index in [-0.39, 0.29) is 11.9 Å². The standard InChI is InChI=1S/C13H22O3/c1-5-7-8-9-10-15-12(6-2)13(14)16-11(3)4/h6,8-9,11H,5,7,10H2,1-4H3/b9-8+,12-6-. The summed E-state index contributed by atoms with van der Waals surface area (Å²) in [7, 11) is 0. The van der Waals surface area contributed by atoms with Crippen LogP contribution in [-0.4, -0.2) is 18.7 Å². The Bertz CT molecular complexity index is 252. The Kier molecular flexibility index (Phi) is 8.31. The summed E-state index contributed by atoms with van der Waals surface area (Å²) in [5.41, 5.74) is 0. The molecule has 0 aromatic carbocycles. The van der Waals surface area contributed by atoms with Crippen molar-refractivity contribution in [3.8, 4) is 0 Å². The van der Waals surface area contributed by atoms with E-state index in [1.54, 1.807) is 13.0 Å². The van der Waals surface area contributed by atoms with Gasteiger partial charge < -0.3 is 9.47 Å². The van der Waals surface area contributed by atoms with E-state index in [2.05, 4.69) is 6.92 Å². The largest absolute Gasteiger partial charge is 0.483 e. The highest BCUT2D eigenvalue weighted by Crippen LogP contribution is 2.03. The Labute approximate surface area is 98.1 Å². The van der Waals surface area contributed by atoms with Gasteiger partial charge >= 0.3 is 5.97 Å². The smallest absolute Gasteiger partial charge is 0.373 e. The number of allylic oxidation sites excluding steroid dienone is 2. The first-order chi connectivity index (χ1) is 7.61. The van der Waals surface area contributed by atoms with Crippen molar-refractivity contribution >= 4 is 5.97 Å². The van der Waals surface area contributed by atoms with Gasteiger partial charge in [0.2, 0.25) is 5.76 Å². The van der Waals surface area contributed by atoms with Gasteiger partial charge in [0.15, 0.2) is 0 Å². The van der Waals surface area contributed by atoms with Gasteiger partial charge in [-0.15, -0.1) is 0 Å². The summed E-state index contributed by atoms with van der Waals surface area (Å²) < 4.78 is 10.3. The van der Waals surface area contributed by atoms with Crippen LogP contribution >= 0.6 is 0 Å². The van der Waals surface area contributed by atoms with Crippen molar-refractivity contribution in [1.82, 2.24) is 0 Å². The molecule has 3 heteroatoms. The third-order valence-electron chi connectivity index (χ3n) is 1.76. The zero-order valence-electron chi connectivity index (χ0n) is 10.7. The van der Waals surface area contributed by atoms with Crippen molar-refractivity contribution in [2.45, 2.75) is 46.6 Å². The molecule has 16 heavy (non-hydrogen) atoms. The van der Waals surface area contributed by atoms with Crippen molar-refractivity contribution in [2.75, 3.05) is 6.61 Å². The van der Waals surface area contributed by atoms with E-state index in [0.717, 1.165) is 12.8 Å². The molecule has 0 radical (unpaired) electrons. The quantitative estimate of drug-likeness (QED) is 0.289. The fourth-order valence-corrected chi connectivity index (χ4v) is 1.02. The lowest BCUT2D eigenvalue weighted by atomic mass is 10.3. The molecule has 0 fully saturated rings. The van der Waals surface area contributed by atoms with Crippen molar-refractivity contribution < 1.29 is 14.3 Å². The summed E-state index contributed by atoms with van der Waals surface area (Å²) >= 11 is 0. The molecule has 0 spiro atoms. The average Bonchev–Trinajstić information content (AvgIpc) is 2.22. The fraction of sp³-hybridized carbons (Fsp3) is 0.615. The van der Waals surface area contributed by atoms with E-state index in [1.165, 1.54) is 0 Å². The molecular weight excluding hydrogens is 204 g/mol. The zero-order chi connectivity index (χ0) is 12.4. The lowest BCUT2D eigenvalue weighted by molar-refractivity contribution is -0.146. The molecule has 92 valence electrons. The number of rotatable bonds is 7. The third-order valence-corrected chi connectivity index (χ3v) is 1.76. The minimum Gasteiger partial charge on any atom is -0.483 e. The Morgan fingerprint density at radius 1 is 1.31 bits per heavy atom. The Morgan fingerprint density at radius 2 is 2.00 bits per heavy atom. The van der Waals surface area contributed by atoms with Crippen LogP contribution in [0.15, 0.2) is 24.0 Å². The molecule has 0 atom stereocenters. The fourth-order valence-electron chi connectivity index (χ4n) is 1.02. The Hall–Kier alpha value is -1.25. The Morgan fingerprint density at radius 3 is 2.50 bits per heavy atom. The molecule has 0 saturated heterocycles. The van der Waals surface area contributed by atoms with Gasteiger partial charge in [-0.1, -0.05) is 25.5 Å². The molecule has 0 unspecified atom stereocenters. The minimum absolute atomic E-state index is 0.123. The van der Waals surface area contributed by atoms with Gasteiger partial charge in [-0.25, -0.2) is 4.79 Å². The highest BCUT2D eigenvalue weighted by molar-refractivity contribution is 5.86. The summed E-state index contributed by atoms with van der Waals surface area (Å²) in [6.07, 6.45) is 7.60. The maximum Gasteiger partial charge on any atom is 0.373 e. The molecule has 0 aliphatic heterocycles. The second-order valence-electron chi connectivity index (χ2n) is 3.68. The predicted molar refractivity (Wildman–Crippen MR) is 65.0 cm³/mol. The molecule has 3 nitrogen and oxygen atoms in total. The molecule has 0 bridgehead atoms. The molecular formula is C13H22O3. The summed E-state index contributed by atoms with van der Waals surface area (Å²) in [5.74, 6) is -0.128. The topological polar surface area (TPSA) is 35.5 Å². The van der Waals surface area contributed by atoms with Gasteiger partial charge in [0.1, 0.15) is 6.61 Å². The summed E-state index contributed by atoms with van der Waals surface area (Å²) in [6, 6.07) is 0. The summed E-state index contributed by atoms with van der Waals surface area (Å²) in [5, 5.41) is 0. The Balaban J connectivity index is 3.98. The van der Waals surface area contributed by atoms with Crippen LogP contribution in [0.1, 0.15) is 40.5 Å². The number of carbonyl (C=O) groups is 1. The molecule has 0 aromatic heterocycles. The van der Waals surface area contributed by atoms with E-state index < -0.39 is 5.97 Å².